The average Bonchev–Trinajstić information content (AvgIpc) is 2.99. The van der Waals surface area contributed by atoms with Crippen molar-refractivity contribution in [3.05, 3.63) is 65.5 Å². The second-order valence-electron chi connectivity index (χ2n) is 7.45. The molecule has 0 saturated carbocycles. The Bertz CT molecular complexity index is 1100. The minimum Gasteiger partial charge on any atom is -0.449 e. The Morgan fingerprint density at radius 2 is 2.00 bits per heavy atom. The number of rotatable bonds is 5. The minimum atomic E-state index is -3.91. The number of fused-ring (bicyclic) bond motifs is 2. The molecule has 158 valence electrons. The Kier molecular flexibility index (Phi) is 5.33. The maximum absolute atomic E-state index is 13.3. The van der Waals surface area contributed by atoms with Gasteiger partial charge in [0.2, 0.25) is 15.9 Å². The van der Waals surface area contributed by atoms with Gasteiger partial charge in [0.15, 0.2) is 5.60 Å². The maximum atomic E-state index is 13.3. The van der Waals surface area contributed by atoms with Gasteiger partial charge in [-0.3, -0.25) is 4.79 Å². The molecule has 2 aromatic carbocycles. The number of halogens is 1. The van der Waals surface area contributed by atoms with Crippen molar-refractivity contribution in [2.24, 2.45) is 0 Å². The molecule has 4 rings (SSSR count). The fourth-order valence-corrected chi connectivity index (χ4v) is 5.11. The average molecular weight is 432 g/mol. The number of carbonyl (C=O) groups excluding carboxylic acids is 2. The molecule has 0 aliphatic carbocycles. The topological polar surface area (TPSA) is 92.8 Å². The highest BCUT2D eigenvalue weighted by Gasteiger charge is 2.48. The molecule has 9 heteroatoms. The number of likely N-dealkylation sites (tertiary alicyclic amines) is 1. The number of amides is 1. The molecule has 0 bridgehead atoms. The smallest absolute Gasteiger partial charge is 0.339 e. The summed E-state index contributed by atoms with van der Waals surface area (Å²) in [6, 6.07) is 11.8. The lowest BCUT2D eigenvalue weighted by molar-refractivity contribution is -0.138. The van der Waals surface area contributed by atoms with Crippen LogP contribution in [0.15, 0.2) is 53.4 Å². The van der Waals surface area contributed by atoms with Crippen molar-refractivity contribution >= 4 is 21.9 Å². The van der Waals surface area contributed by atoms with E-state index >= 15 is 0 Å². The van der Waals surface area contributed by atoms with Crippen molar-refractivity contribution in [3.8, 4) is 0 Å². The highest BCUT2D eigenvalue weighted by atomic mass is 32.2. The highest BCUT2D eigenvalue weighted by molar-refractivity contribution is 7.89. The van der Waals surface area contributed by atoms with Gasteiger partial charge in [0, 0.05) is 25.1 Å². The Morgan fingerprint density at radius 3 is 2.80 bits per heavy atom. The van der Waals surface area contributed by atoms with E-state index in [1.165, 1.54) is 12.1 Å². The van der Waals surface area contributed by atoms with Crippen LogP contribution in [0.2, 0.25) is 0 Å². The predicted molar refractivity (Wildman–Crippen MR) is 106 cm³/mol. The molecule has 1 unspecified atom stereocenters. The molecule has 30 heavy (non-hydrogen) atoms. The zero-order valence-corrected chi connectivity index (χ0v) is 17.0. The highest BCUT2D eigenvalue weighted by Crippen LogP contribution is 2.42. The monoisotopic (exact) mass is 432 g/mol. The molecule has 2 aliphatic heterocycles. The SMILES string of the molecule is O=C1OC2(CCCN(C(=O)CCNS(=O)(=O)c3cccc(F)c3)C2)c2ccccc21. The summed E-state index contributed by atoms with van der Waals surface area (Å²) in [7, 11) is -3.91. The number of piperidine rings is 1. The zero-order valence-electron chi connectivity index (χ0n) is 16.1. The quantitative estimate of drug-likeness (QED) is 0.731. The molecule has 2 aliphatic rings. The fourth-order valence-electron chi connectivity index (χ4n) is 4.05. The van der Waals surface area contributed by atoms with E-state index in [0.29, 0.717) is 24.9 Å². The Balaban J connectivity index is 1.40. The normalized spacial score (nSPS) is 20.8. The largest absolute Gasteiger partial charge is 0.449 e. The van der Waals surface area contributed by atoms with E-state index in [-0.39, 0.29) is 36.3 Å². The second kappa shape index (κ2) is 7.81. The van der Waals surface area contributed by atoms with Gasteiger partial charge < -0.3 is 9.64 Å². The molecular formula is C21H21FN2O5S. The lowest BCUT2D eigenvalue weighted by Crippen LogP contribution is -2.49. The van der Waals surface area contributed by atoms with Crippen LogP contribution >= 0.6 is 0 Å². The molecule has 7 nitrogen and oxygen atoms in total. The van der Waals surface area contributed by atoms with Crippen LogP contribution < -0.4 is 4.72 Å². The minimum absolute atomic E-state index is 0.0553. The summed E-state index contributed by atoms with van der Waals surface area (Å²) in [4.78, 5) is 26.3. The molecule has 2 aromatic rings. The Labute approximate surface area is 173 Å². The van der Waals surface area contributed by atoms with Crippen LogP contribution in [0.3, 0.4) is 0 Å². The summed E-state index contributed by atoms with van der Waals surface area (Å²) < 4.78 is 45.8. The zero-order chi connectivity index (χ0) is 21.4. The van der Waals surface area contributed by atoms with Crippen LogP contribution in [0.4, 0.5) is 4.39 Å². The number of nitrogens with zero attached hydrogens (tertiary/aromatic N) is 1. The van der Waals surface area contributed by atoms with Gasteiger partial charge in [-0.05, 0) is 37.1 Å². The van der Waals surface area contributed by atoms with Crippen LogP contribution in [0, 0.1) is 5.82 Å². The Morgan fingerprint density at radius 1 is 1.20 bits per heavy atom. The van der Waals surface area contributed by atoms with Crippen molar-refractivity contribution in [3.63, 3.8) is 0 Å². The van der Waals surface area contributed by atoms with Crippen LogP contribution in [0.1, 0.15) is 35.2 Å². The van der Waals surface area contributed by atoms with E-state index in [2.05, 4.69) is 4.72 Å². The molecule has 1 spiro atoms. The van der Waals surface area contributed by atoms with Gasteiger partial charge in [-0.2, -0.15) is 0 Å². The first-order valence-electron chi connectivity index (χ1n) is 9.67. The van der Waals surface area contributed by atoms with E-state index in [4.69, 9.17) is 4.74 Å². The summed E-state index contributed by atoms with van der Waals surface area (Å²) >= 11 is 0. The number of hydrogen-bond acceptors (Lipinski definition) is 5. The van der Waals surface area contributed by atoms with Crippen molar-refractivity contribution in [2.75, 3.05) is 19.6 Å². The number of sulfonamides is 1. The molecule has 1 amide bonds. The maximum Gasteiger partial charge on any atom is 0.339 e. The van der Waals surface area contributed by atoms with Gasteiger partial charge in [-0.1, -0.05) is 24.3 Å². The first kappa shape index (κ1) is 20.5. The van der Waals surface area contributed by atoms with Crippen LogP contribution in [0.25, 0.3) is 0 Å². The van der Waals surface area contributed by atoms with E-state index in [0.717, 1.165) is 17.7 Å². The van der Waals surface area contributed by atoms with Crippen molar-refractivity contribution in [2.45, 2.75) is 29.8 Å². The number of esters is 1. The first-order valence-corrected chi connectivity index (χ1v) is 11.1. The lowest BCUT2D eigenvalue weighted by Gasteiger charge is -2.39. The van der Waals surface area contributed by atoms with E-state index in [9.17, 15) is 22.4 Å². The van der Waals surface area contributed by atoms with Crippen molar-refractivity contribution < 1.29 is 27.1 Å². The third kappa shape index (κ3) is 3.82. The Hall–Kier alpha value is -2.78. The van der Waals surface area contributed by atoms with Gasteiger partial charge in [-0.15, -0.1) is 0 Å². The first-order chi connectivity index (χ1) is 14.3. The molecular weight excluding hydrogens is 411 g/mol. The molecule has 1 fully saturated rings. The summed E-state index contributed by atoms with van der Waals surface area (Å²) in [5.74, 6) is -1.28. The van der Waals surface area contributed by atoms with Crippen molar-refractivity contribution in [1.29, 1.82) is 0 Å². The third-order valence-corrected chi connectivity index (χ3v) is 6.93. The summed E-state index contributed by atoms with van der Waals surface area (Å²) in [5, 5.41) is 0. The fraction of sp³-hybridized carbons (Fsp3) is 0.333. The van der Waals surface area contributed by atoms with Crippen molar-refractivity contribution in [1.82, 2.24) is 9.62 Å². The summed E-state index contributed by atoms with van der Waals surface area (Å²) in [6.45, 7) is 0.639. The summed E-state index contributed by atoms with van der Waals surface area (Å²) in [6.07, 6.45) is 1.24. The van der Waals surface area contributed by atoms with Crippen LogP contribution in [-0.2, 0) is 25.2 Å². The molecule has 0 aromatic heterocycles. The van der Waals surface area contributed by atoms with E-state index in [1.807, 2.05) is 12.1 Å². The lowest BCUT2D eigenvalue weighted by atomic mass is 9.85. The standard InChI is InChI=1S/C21H21FN2O5S/c22-15-5-3-6-16(13-15)30(27,28)23-11-9-19(25)24-12-4-10-21(14-24)18-8-2-1-7-17(18)20(26)29-21/h1-3,5-8,13,23H,4,9-12,14H2. The van der Waals surface area contributed by atoms with Crippen LogP contribution in [0.5, 0.6) is 0 Å². The number of ether oxygens (including phenoxy) is 1. The third-order valence-electron chi connectivity index (χ3n) is 5.47. The molecule has 0 radical (unpaired) electrons. The van der Waals surface area contributed by atoms with Gasteiger partial charge >= 0.3 is 5.97 Å². The van der Waals surface area contributed by atoms with Gasteiger partial charge in [0.1, 0.15) is 5.82 Å². The van der Waals surface area contributed by atoms with E-state index < -0.39 is 21.4 Å². The molecule has 1 N–H and O–H groups in total. The molecule has 1 saturated heterocycles. The number of nitrogens with one attached hydrogen (secondary N) is 1. The second-order valence-corrected chi connectivity index (χ2v) is 9.22. The number of hydrogen-bond donors (Lipinski definition) is 1. The van der Waals surface area contributed by atoms with Gasteiger partial charge in [-0.25, -0.2) is 22.3 Å². The number of benzene rings is 2. The van der Waals surface area contributed by atoms with Gasteiger partial charge in [0.25, 0.3) is 0 Å². The predicted octanol–water partition coefficient (Wildman–Crippen LogP) is 2.18. The van der Waals surface area contributed by atoms with Crippen LogP contribution in [-0.4, -0.2) is 44.8 Å². The summed E-state index contributed by atoms with van der Waals surface area (Å²) in [5.41, 5.74) is 0.469. The number of carbonyl (C=O) groups is 2. The van der Waals surface area contributed by atoms with Gasteiger partial charge in [0.05, 0.1) is 17.0 Å². The molecule has 2 heterocycles. The molecule has 1 atom stereocenters. The van der Waals surface area contributed by atoms with E-state index in [1.54, 1.807) is 17.0 Å².